The smallest absolute Gasteiger partial charge is 0.0309 e. The van der Waals surface area contributed by atoms with Crippen LogP contribution in [0.5, 0.6) is 0 Å². The molecule has 4 atom stereocenters. The molecule has 0 amide bonds. The summed E-state index contributed by atoms with van der Waals surface area (Å²) in [5.41, 5.74) is 0.463. The van der Waals surface area contributed by atoms with Crippen LogP contribution in [0.4, 0.5) is 0 Å². The van der Waals surface area contributed by atoms with Crippen LogP contribution >= 0.6 is 0 Å². The van der Waals surface area contributed by atoms with E-state index in [0.717, 1.165) is 23.9 Å². The minimum absolute atomic E-state index is 0.463. The Morgan fingerprint density at radius 3 is 2.45 bits per heavy atom. The lowest BCUT2D eigenvalue weighted by molar-refractivity contribution is -0.0110. The van der Waals surface area contributed by atoms with Crippen molar-refractivity contribution in [3.8, 4) is 0 Å². The molecule has 3 fully saturated rings. The first kappa shape index (κ1) is 14.8. The number of nitrogens with zero attached hydrogens (tertiary/aromatic N) is 1. The molecule has 2 saturated carbocycles. The molecule has 1 heterocycles. The molecular formula is C18H34N2. The van der Waals surface area contributed by atoms with Crippen molar-refractivity contribution in [2.24, 2.45) is 11.8 Å². The van der Waals surface area contributed by atoms with Gasteiger partial charge in [-0.3, -0.25) is 4.90 Å². The number of rotatable bonds is 1. The zero-order valence-corrected chi connectivity index (χ0v) is 13.8. The second-order valence-corrected chi connectivity index (χ2v) is 8.08. The van der Waals surface area contributed by atoms with E-state index in [0.29, 0.717) is 5.54 Å². The quantitative estimate of drug-likeness (QED) is 0.784. The average molecular weight is 278 g/mol. The maximum absolute atomic E-state index is 3.94. The topological polar surface area (TPSA) is 15.3 Å². The molecule has 0 aromatic rings. The highest BCUT2D eigenvalue weighted by atomic mass is 15.3. The summed E-state index contributed by atoms with van der Waals surface area (Å²) in [6, 6.07) is 1.56. The molecule has 1 saturated heterocycles. The van der Waals surface area contributed by atoms with E-state index in [-0.39, 0.29) is 0 Å². The Bertz CT molecular complexity index is 321. The fraction of sp³-hybridized carbons (Fsp3) is 1.00. The summed E-state index contributed by atoms with van der Waals surface area (Å²) >= 11 is 0. The van der Waals surface area contributed by atoms with Gasteiger partial charge in [-0.25, -0.2) is 0 Å². The molecule has 0 aromatic heterocycles. The molecule has 1 aliphatic heterocycles. The van der Waals surface area contributed by atoms with E-state index in [4.69, 9.17) is 0 Å². The van der Waals surface area contributed by atoms with Crippen molar-refractivity contribution < 1.29 is 0 Å². The summed E-state index contributed by atoms with van der Waals surface area (Å²) in [6.07, 6.45) is 11.5. The first-order chi connectivity index (χ1) is 9.61. The molecule has 0 radical (unpaired) electrons. The number of hydrogen-bond acceptors (Lipinski definition) is 2. The summed E-state index contributed by atoms with van der Waals surface area (Å²) in [5, 5.41) is 3.94. The minimum atomic E-state index is 0.463. The number of piperazine rings is 1. The summed E-state index contributed by atoms with van der Waals surface area (Å²) < 4.78 is 0. The van der Waals surface area contributed by atoms with E-state index in [1.54, 1.807) is 0 Å². The Hall–Kier alpha value is -0.0800. The molecule has 3 rings (SSSR count). The highest BCUT2D eigenvalue weighted by molar-refractivity contribution is 5.01. The Balaban J connectivity index is 1.73. The summed E-state index contributed by atoms with van der Waals surface area (Å²) in [5.74, 6) is 1.79. The van der Waals surface area contributed by atoms with Crippen LogP contribution in [0.2, 0.25) is 0 Å². The van der Waals surface area contributed by atoms with Crippen molar-refractivity contribution in [3.63, 3.8) is 0 Å². The van der Waals surface area contributed by atoms with Crippen LogP contribution in [-0.2, 0) is 0 Å². The Labute approximate surface area is 125 Å². The van der Waals surface area contributed by atoms with Crippen molar-refractivity contribution in [2.45, 2.75) is 89.8 Å². The van der Waals surface area contributed by atoms with Gasteiger partial charge in [0.05, 0.1) is 0 Å². The molecule has 2 aliphatic carbocycles. The molecule has 116 valence electrons. The normalized spacial score (nSPS) is 42.8. The van der Waals surface area contributed by atoms with E-state index < -0.39 is 0 Å². The third-order valence-electron chi connectivity index (χ3n) is 6.72. The van der Waals surface area contributed by atoms with Gasteiger partial charge >= 0.3 is 0 Å². The molecule has 0 aromatic carbocycles. The lowest BCUT2D eigenvalue weighted by Gasteiger charge is -2.54. The van der Waals surface area contributed by atoms with Gasteiger partial charge < -0.3 is 5.32 Å². The fourth-order valence-electron chi connectivity index (χ4n) is 5.07. The lowest BCUT2D eigenvalue weighted by atomic mass is 9.74. The molecule has 1 N–H and O–H groups in total. The third-order valence-corrected chi connectivity index (χ3v) is 6.72. The standard InChI is InChI=1S/C18H34N2/c1-14-8-7-9-17(16(14)3)20-13-18(19-12-15(20)2)10-5-4-6-11-18/h14-17,19H,4-13H2,1-3H3. The lowest BCUT2D eigenvalue weighted by Crippen LogP contribution is -2.67. The molecule has 0 bridgehead atoms. The zero-order valence-electron chi connectivity index (χ0n) is 13.8. The van der Waals surface area contributed by atoms with Gasteiger partial charge in [0.15, 0.2) is 0 Å². The van der Waals surface area contributed by atoms with Crippen molar-refractivity contribution >= 4 is 0 Å². The summed E-state index contributed by atoms with van der Waals surface area (Å²) in [4.78, 5) is 2.90. The average Bonchev–Trinajstić information content (AvgIpc) is 2.46. The maximum atomic E-state index is 3.94. The van der Waals surface area contributed by atoms with Crippen molar-refractivity contribution in [3.05, 3.63) is 0 Å². The molecule has 2 nitrogen and oxygen atoms in total. The van der Waals surface area contributed by atoms with Crippen LogP contribution in [0.3, 0.4) is 0 Å². The Kier molecular flexibility index (Phi) is 4.42. The van der Waals surface area contributed by atoms with E-state index in [1.807, 2.05) is 0 Å². The van der Waals surface area contributed by atoms with E-state index in [1.165, 1.54) is 64.5 Å². The molecule has 3 aliphatic rings. The molecule has 20 heavy (non-hydrogen) atoms. The van der Waals surface area contributed by atoms with Gasteiger partial charge in [0.2, 0.25) is 0 Å². The first-order valence-corrected chi connectivity index (χ1v) is 9.12. The predicted molar refractivity (Wildman–Crippen MR) is 86.0 cm³/mol. The second-order valence-electron chi connectivity index (χ2n) is 8.08. The summed E-state index contributed by atoms with van der Waals surface area (Å²) in [7, 11) is 0. The van der Waals surface area contributed by atoms with Crippen LogP contribution < -0.4 is 5.32 Å². The number of nitrogens with one attached hydrogen (secondary N) is 1. The Morgan fingerprint density at radius 2 is 1.70 bits per heavy atom. The van der Waals surface area contributed by atoms with E-state index >= 15 is 0 Å². The van der Waals surface area contributed by atoms with Crippen molar-refractivity contribution in [1.82, 2.24) is 10.2 Å². The van der Waals surface area contributed by atoms with Gasteiger partial charge in [-0.2, -0.15) is 0 Å². The van der Waals surface area contributed by atoms with Crippen LogP contribution in [0, 0.1) is 11.8 Å². The second kappa shape index (κ2) is 5.96. The largest absolute Gasteiger partial charge is 0.308 e. The zero-order chi connectivity index (χ0) is 14.2. The molecular weight excluding hydrogens is 244 g/mol. The third kappa shape index (κ3) is 2.78. The van der Waals surface area contributed by atoms with Gasteiger partial charge in [0.25, 0.3) is 0 Å². The van der Waals surface area contributed by atoms with Crippen molar-refractivity contribution in [2.75, 3.05) is 13.1 Å². The SMILES string of the molecule is CC1CCCC(N2CC3(CCCCC3)NCC2C)C1C. The van der Waals surface area contributed by atoms with Crippen molar-refractivity contribution in [1.29, 1.82) is 0 Å². The van der Waals surface area contributed by atoms with E-state index in [2.05, 4.69) is 31.0 Å². The first-order valence-electron chi connectivity index (χ1n) is 9.12. The fourth-order valence-corrected chi connectivity index (χ4v) is 5.07. The van der Waals surface area contributed by atoms with E-state index in [9.17, 15) is 0 Å². The van der Waals surface area contributed by atoms with Crippen LogP contribution in [0.25, 0.3) is 0 Å². The predicted octanol–water partition coefficient (Wildman–Crippen LogP) is 3.81. The van der Waals surface area contributed by atoms with Gasteiger partial charge in [-0.1, -0.05) is 46.0 Å². The van der Waals surface area contributed by atoms with Gasteiger partial charge in [0.1, 0.15) is 0 Å². The molecule has 4 unspecified atom stereocenters. The maximum Gasteiger partial charge on any atom is 0.0309 e. The van der Waals surface area contributed by atoms with Gasteiger partial charge in [-0.15, -0.1) is 0 Å². The minimum Gasteiger partial charge on any atom is -0.308 e. The summed E-state index contributed by atoms with van der Waals surface area (Å²) in [6.45, 7) is 9.94. The molecule has 1 spiro atoms. The van der Waals surface area contributed by atoms with Gasteiger partial charge in [0, 0.05) is 30.7 Å². The van der Waals surface area contributed by atoms with Crippen LogP contribution in [0.15, 0.2) is 0 Å². The van der Waals surface area contributed by atoms with Crippen LogP contribution in [-0.4, -0.2) is 35.6 Å². The Morgan fingerprint density at radius 1 is 0.950 bits per heavy atom. The highest BCUT2D eigenvalue weighted by Crippen LogP contribution is 2.38. The molecule has 2 heteroatoms. The van der Waals surface area contributed by atoms with Crippen LogP contribution in [0.1, 0.15) is 72.1 Å². The number of hydrogen-bond donors (Lipinski definition) is 1. The highest BCUT2D eigenvalue weighted by Gasteiger charge is 2.43. The monoisotopic (exact) mass is 278 g/mol. The van der Waals surface area contributed by atoms with Gasteiger partial charge in [-0.05, 0) is 38.0 Å².